The summed E-state index contributed by atoms with van der Waals surface area (Å²) in [6, 6.07) is 14.6. The highest BCUT2D eigenvalue weighted by Crippen LogP contribution is 2.15. The van der Waals surface area contributed by atoms with Crippen LogP contribution in [0.1, 0.15) is 24.0 Å². The molecule has 7 nitrogen and oxygen atoms in total. The molecule has 3 N–H and O–H groups in total. The number of methoxy groups -OCH3 is 1. The van der Waals surface area contributed by atoms with Gasteiger partial charge in [0.05, 0.1) is 19.6 Å². The Morgan fingerprint density at radius 3 is 2.28 bits per heavy atom. The standard InChI is InChI=1S/C22H27N3O4/c1-28-20-10-6-17(7-11-20)14-24-22(27)25-19-8-4-16(5-9-19)13-23-21(26)18-3-2-12-29-15-18/h4-11,18H,2-3,12-15H2,1H3,(H,23,26)(H2,24,25,27). The molecule has 3 rings (SSSR count). The maximum absolute atomic E-state index is 12.1. The molecule has 0 radical (unpaired) electrons. The molecule has 29 heavy (non-hydrogen) atoms. The highest BCUT2D eigenvalue weighted by atomic mass is 16.5. The van der Waals surface area contributed by atoms with E-state index in [9.17, 15) is 9.59 Å². The van der Waals surface area contributed by atoms with E-state index in [1.165, 1.54) is 0 Å². The Hall–Kier alpha value is -3.06. The second-order valence-electron chi connectivity index (χ2n) is 6.98. The van der Waals surface area contributed by atoms with E-state index in [-0.39, 0.29) is 17.9 Å². The number of rotatable bonds is 7. The first kappa shape index (κ1) is 20.7. The summed E-state index contributed by atoms with van der Waals surface area (Å²) in [6.07, 6.45) is 1.80. The Morgan fingerprint density at radius 2 is 1.66 bits per heavy atom. The van der Waals surface area contributed by atoms with Crippen molar-refractivity contribution >= 4 is 17.6 Å². The van der Waals surface area contributed by atoms with Crippen LogP contribution in [0.25, 0.3) is 0 Å². The van der Waals surface area contributed by atoms with Crippen molar-refractivity contribution in [3.05, 3.63) is 59.7 Å². The van der Waals surface area contributed by atoms with Crippen molar-refractivity contribution in [3.8, 4) is 5.75 Å². The molecular formula is C22H27N3O4. The minimum Gasteiger partial charge on any atom is -0.497 e. The van der Waals surface area contributed by atoms with Crippen molar-refractivity contribution in [3.63, 3.8) is 0 Å². The van der Waals surface area contributed by atoms with Crippen molar-refractivity contribution in [2.24, 2.45) is 5.92 Å². The fourth-order valence-corrected chi connectivity index (χ4v) is 3.09. The number of amides is 3. The lowest BCUT2D eigenvalue weighted by Gasteiger charge is -2.21. The molecule has 2 aromatic carbocycles. The molecule has 2 aromatic rings. The van der Waals surface area contributed by atoms with Gasteiger partial charge in [0.15, 0.2) is 0 Å². The van der Waals surface area contributed by atoms with Crippen LogP contribution >= 0.6 is 0 Å². The molecule has 154 valence electrons. The highest BCUT2D eigenvalue weighted by Gasteiger charge is 2.21. The monoisotopic (exact) mass is 397 g/mol. The first-order chi connectivity index (χ1) is 14.1. The molecule has 1 heterocycles. The van der Waals surface area contributed by atoms with E-state index in [0.717, 1.165) is 36.3 Å². The van der Waals surface area contributed by atoms with Crippen molar-refractivity contribution in [1.82, 2.24) is 10.6 Å². The lowest BCUT2D eigenvalue weighted by Crippen LogP contribution is -2.35. The van der Waals surface area contributed by atoms with Crippen LogP contribution in [0.4, 0.5) is 10.5 Å². The van der Waals surface area contributed by atoms with Gasteiger partial charge in [-0.3, -0.25) is 4.79 Å². The van der Waals surface area contributed by atoms with Crippen LogP contribution in [0, 0.1) is 5.92 Å². The molecule has 1 aliphatic heterocycles. The number of hydrogen-bond donors (Lipinski definition) is 3. The molecule has 0 aliphatic carbocycles. The van der Waals surface area contributed by atoms with Gasteiger partial charge in [0.1, 0.15) is 5.75 Å². The molecule has 3 amide bonds. The summed E-state index contributed by atoms with van der Waals surface area (Å²) in [5.41, 5.74) is 2.64. The topological polar surface area (TPSA) is 88.7 Å². The second-order valence-corrected chi connectivity index (χ2v) is 6.98. The van der Waals surface area contributed by atoms with Crippen molar-refractivity contribution < 1.29 is 19.1 Å². The van der Waals surface area contributed by atoms with Gasteiger partial charge in [-0.25, -0.2) is 4.79 Å². The van der Waals surface area contributed by atoms with Crippen LogP contribution < -0.4 is 20.7 Å². The number of carbonyl (C=O) groups excluding carboxylic acids is 2. The number of anilines is 1. The van der Waals surface area contributed by atoms with Gasteiger partial charge in [-0.1, -0.05) is 24.3 Å². The number of carbonyl (C=O) groups is 2. The molecule has 0 aromatic heterocycles. The second kappa shape index (κ2) is 10.5. The Kier molecular flexibility index (Phi) is 7.47. The van der Waals surface area contributed by atoms with Gasteiger partial charge < -0.3 is 25.4 Å². The quantitative estimate of drug-likeness (QED) is 0.670. The van der Waals surface area contributed by atoms with E-state index in [1.54, 1.807) is 7.11 Å². The van der Waals surface area contributed by atoms with Gasteiger partial charge in [0.25, 0.3) is 0 Å². The molecule has 0 spiro atoms. The van der Waals surface area contributed by atoms with E-state index >= 15 is 0 Å². The number of urea groups is 1. The molecule has 1 saturated heterocycles. The number of hydrogen-bond acceptors (Lipinski definition) is 4. The van der Waals surface area contributed by atoms with Gasteiger partial charge in [0, 0.05) is 25.4 Å². The summed E-state index contributed by atoms with van der Waals surface area (Å²) in [4.78, 5) is 24.2. The molecule has 1 atom stereocenters. The Morgan fingerprint density at radius 1 is 1.00 bits per heavy atom. The summed E-state index contributed by atoms with van der Waals surface area (Å²) in [5, 5.41) is 8.56. The fourth-order valence-electron chi connectivity index (χ4n) is 3.09. The summed E-state index contributed by atoms with van der Waals surface area (Å²) in [7, 11) is 1.62. The van der Waals surface area contributed by atoms with E-state index in [1.807, 2.05) is 48.5 Å². The van der Waals surface area contributed by atoms with E-state index in [4.69, 9.17) is 9.47 Å². The zero-order valence-electron chi connectivity index (χ0n) is 16.6. The zero-order chi connectivity index (χ0) is 20.5. The third-order valence-electron chi connectivity index (χ3n) is 4.82. The van der Waals surface area contributed by atoms with Crippen LogP contribution in [-0.4, -0.2) is 32.3 Å². The van der Waals surface area contributed by atoms with Crippen molar-refractivity contribution in [1.29, 1.82) is 0 Å². The molecule has 1 fully saturated rings. The fraction of sp³-hybridized carbons (Fsp3) is 0.364. The normalized spacial score (nSPS) is 16.0. The lowest BCUT2D eigenvalue weighted by atomic mass is 10.0. The first-order valence-corrected chi connectivity index (χ1v) is 9.76. The van der Waals surface area contributed by atoms with Crippen LogP contribution in [0.5, 0.6) is 5.75 Å². The van der Waals surface area contributed by atoms with Crippen LogP contribution in [0.15, 0.2) is 48.5 Å². The molecule has 1 unspecified atom stereocenters. The predicted octanol–water partition coefficient (Wildman–Crippen LogP) is 3.06. The van der Waals surface area contributed by atoms with Crippen molar-refractivity contribution in [2.75, 3.05) is 25.6 Å². The van der Waals surface area contributed by atoms with Crippen LogP contribution in [-0.2, 0) is 22.6 Å². The maximum Gasteiger partial charge on any atom is 0.319 e. The summed E-state index contributed by atoms with van der Waals surface area (Å²) < 4.78 is 10.5. The molecule has 7 heteroatoms. The van der Waals surface area contributed by atoms with Gasteiger partial charge in [-0.05, 0) is 48.2 Å². The van der Waals surface area contributed by atoms with Gasteiger partial charge in [-0.15, -0.1) is 0 Å². The molecule has 0 bridgehead atoms. The summed E-state index contributed by atoms with van der Waals surface area (Å²) in [5.74, 6) is 0.755. The summed E-state index contributed by atoms with van der Waals surface area (Å²) in [6.45, 7) is 2.12. The van der Waals surface area contributed by atoms with Gasteiger partial charge in [-0.2, -0.15) is 0 Å². The van der Waals surface area contributed by atoms with E-state index in [0.29, 0.717) is 25.4 Å². The molecule has 1 aliphatic rings. The average molecular weight is 397 g/mol. The number of ether oxygens (including phenoxy) is 2. The van der Waals surface area contributed by atoms with E-state index in [2.05, 4.69) is 16.0 Å². The predicted molar refractivity (Wildman–Crippen MR) is 111 cm³/mol. The van der Waals surface area contributed by atoms with E-state index < -0.39 is 0 Å². The van der Waals surface area contributed by atoms with Crippen LogP contribution in [0.2, 0.25) is 0 Å². The number of nitrogens with one attached hydrogen (secondary N) is 3. The highest BCUT2D eigenvalue weighted by molar-refractivity contribution is 5.89. The van der Waals surface area contributed by atoms with Gasteiger partial charge >= 0.3 is 6.03 Å². The first-order valence-electron chi connectivity index (χ1n) is 9.76. The zero-order valence-corrected chi connectivity index (χ0v) is 16.6. The maximum atomic E-state index is 12.1. The third-order valence-corrected chi connectivity index (χ3v) is 4.82. The molecular weight excluding hydrogens is 370 g/mol. The Labute approximate surface area is 170 Å². The largest absolute Gasteiger partial charge is 0.497 e. The molecule has 0 saturated carbocycles. The number of benzene rings is 2. The average Bonchev–Trinajstić information content (AvgIpc) is 2.78. The van der Waals surface area contributed by atoms with Gasteiger partial charge in [0.2, 0.25) is 5.91 Å². The SMILES string of the molecule is COc1ccc(CNC(=O)Nc2ccc(CNC(=O)C3CCCOC3)cc2)cc1. The van der Waals surface area contributed by atoms with Crippen molar-refractivity contribution in [2.45, 2.75) is 25.9 Å². The minimum atomic E-state index is -0.279. The van der Waals surface area contributed by atoms with Crippen LogP contribution in [0.3, 0.4) is 0 Å². The smallest absolute Gasteiger partial charge is 0.319 e. The summed E-state index contributed by atoms with van der Waals surface area (Å²) >= 11 is 0. The minimum absolute atomic E-state index is 0.0322. The Bertz CT molecular complexity index is 800. The third kappa shape index (κ3) is 6.50. The lowest BCUT2D eigenvalue weighted by molar-refractivity contribution is -0.129. The Balaban J connectivity index is 1.40.